The molecule has 0 rings (SSSR count). The molecule has 0 spiro atoms. The SMILES string of the molecule is CC(=O)N(C)C(CN)C(N)=O. The second-order valence-corrected chi connectivity index (χ2v) is 2.28. The summed E-state index contributed by atoms with van der Waals surface area (Å²) in [5.74, 6) is -0.801. The number of primary amides is 1. The number of rotatable bonds is 3. The van der Waals surface area contributed by atoms with Crippen molar-refractivity contribution in [3.63, 3.8) is 0 Å². The molecule has 0 aliphatic carbocycles. The van der Waals surface area contributed by atoms with Crippen molar-refractivity contribution in [1.82, 2.24) is 4.90 Å². The van der Waals surface area contributed by atoms with Gasteiger partial charge in [0.05, 0.1) is 0 Å². The molecular weight excluding hydrogens is 146 g/mol. The molecule has 0 aromatic rings. The third-order valence-electron chi connectivity index (χ3n) is 1.52. The molecule has 0 aliphatic heterocycles. The molecule has 0 saturated heterocycles. The highest BCUT2D eigenvalue weighted by Crippen LogP contribution is 1.93. The summed E-state index contributed by atoms with van der Waals surface area (Å²) in [6, 6.07) is -0.688. The Labute approximate surface area is 65.3 Å². The van der Waals surface area contributed by atoms with Crippen LogP contribution in [0.1, 0.15) is 6.92 Å². The van der Waals surface area contributed by atoms with E-state index in [0.717, 1.165) is 0 Å². The predicted molar refractivity (Wildman–Crippen MR) is 40.5 cm³/mol. The quantitative estimate of drug-likeness (QED) is 0.513. The first-order valence-electron chi connectivity index (χ1n) is 3.23. The zero-order valence-electron chi connectivity index (χ0n) is 6.70. The fraction of sp³-hybridized carbons (Fsp3) is 0.667. The van der Waals surface area contributed by atoms with Gasteiger partial charge in [-0.1, -0.05) is 0 Å². The molecule has 5 nitrogen and oxygen atoms in total. The van der Waals surface area contributed by atoms with Crippen molar-refractivity contribution < 1.29 is 9.59 Å². The summed E-state index contributed by atoms with van der Waals surface area (Å²) in [6.45, 7) is 1.41. The van der Waals surface area contributed by atoms with Gasteiger partial charge >= 0.3 is 0 Å². The molecule has 1 unspecified atom stereocenters. The van der Waals surface area contributed by atoms with Crippen molar-refractivity contribution in [2.75, 3.05) is 13.6 Å². The lowest BCUT2D eigenvalue weighted by Crippen LogP contribution is -2.49. The van der Waals surface area contributed by atoms with Crippen molar-refractivity contribution in [2.45, 2.75) is 13.0 Å². The Morgan fingerprint density at radius 2 is 2.00 bits per heavy atom. The molecule has 0 radical (unpaired) electrons. The van der Waals surface area contributed by atoms with Gasteiger partial charge in [-0.2, -0.15) is 0 Å². The number of carbonyl (C=O) groups excluding carboxylic acids is 2. The molecule has 5 heteroatoms. The minimum absolute atomic E-state index is 0.0609. The lowest BCUT2D eigenvalue weighted by Gasteiger charge is -2.22. The van der Waals surface area contributed by atoms with Gasteiger partial charge in [-0.3, -0.25) is 9.59 Å². The smallest absolute Gasteiger partial charge is 0.241 e. The maximum Gasteiger partial charge on any atom is 0.241 e. The number of hydrogen-bond acceptors (Lipinski definition) is 3. The minimum Gasteiger partial charge on any atom is -0.368 e. The Hall–Kier alpha value is -1.10. The summed E-state index contributed by atoms with van der Waals surface area (Å²) in [5, 5.41) is 0. The normalized spacial score (nSPS) is 12.3. The summed E-state index contributed by atoms with van der Waals surface area (Å²) in [5.41, 5.74) is 10.2. The minimum atomic E-state index is -0.688. The largest absolute Gasteiger partial charge is 0.368 e. The molecular formula is C6H13N3O2. The third kappa shape index (κ3) is 2.55. The van der Waals surface area contributed by atoms with Gasteiger partial charge in [0.15, 0.2) is 0 Å². The van der Waals surface area contributed by atoms with Crippen LogP contribution < -0.4 is 11.5 Å². The van der Waals surface area contributed by atoms with Crippen LogP contribution in [0.25, 0.3) is 0 Å². The van der Waals surface area contributed by atoms with Crippen molar-refractivity contribution in [2.24, 2.45) is 11.5 Å². The van der Waals surface area contributed by atoms with Crippen molar-refractivity contribution in [3.8, 4) is 0 Å². The van der Waals surface area contributed by atoms with Gasteiger partial charge < -0.3 is 16.4 Å². The molecule has 0 aromatic carbocycles. The van der Waals surface area contributed by atoms with Crippen LogP contribution >= 0.6 is 0 Å². The number of likely N-dealkylation sites (N-methyl/N-ethyl adjacent to an activating group) is 1. The fourth-order valence-corrected chi connectivity index (χ4v) is 0.685. The van der Waals surface area contributed by atoms with Gasteiger partial charge in [-0.05, 0) is 0 Å². The highest BCUT2D eigenvalue weighted by atomic mass is 16.2. The van der Waals surface area contributed by atoms with Crippen LogP contribution in [0.3, 0.4) is 0 Å². The van der Waals surface area contributed by atoms with Gasteiger partial charge in [-0.15, -0.1) is 0 Å². The Bertz CT molecular complexity index is 169. The second-order valence-electron chi connectivity index (χ2n) is 2.28. The second kappa shape index (κ2) is 3.92. The number of nitrogens with two attached hydrogens (primary N) is 2. The molecule has 11 heavy (non-hydrogen) atoms. The Morgan fingerprint density at radius 1 is 1.55 bits per heavy atom. The predicted octanol–water partition coefficient (Wildman–Crippen LogP) is -1.72. The van der Waals surface area contributed by atoms with E-state index in [9.17, 15) is 9.59 Å². The highest BCUT2D eigenvalue weighted by Gasteiger charge is 2.20. The summed E-state index contributed by atoms with van der Waals surface area (Å²) in [4.78, 5) is 22.6. The van der Waals surface area contributed by atoms with Crippen molar-refractivity contribution >= 4 is 11.8 Å². The zero-order valence-corrected chi connectivity index (χ0v) is 6.70. The van der Waals surface area contributed by atoms with E-state index in [1.807, 2.05) is 0 Å². The molecule has 0 saturated carbocycles. The van der Waals surface area contributed by atoms with Crippen LogP contribution in [0.4, 0.5) is 0 Å². The summed E-state index contributed by atoms with van der Waals surface area (Å²) in [6.07, 6.45) is 0. The molecule has 0 heterocycles. The van der Waals surface area contributed by atoms with E-state index in [4.69, 9.17) is 11.5 Å². The molecule has 4 N–H and O–H groups in total. The van der Waals surface area contributed by atoms with E-state index in [1.165, 1.54) is 18.9 Å². The lowest BCUT2D eigenvalue weighted by atomic mass is 10.2. The van der Waals surface area contributed by atoms with Crippen molar-refractivity contribution in [3.05, 3.63) is 0 Å². The maximum absolute atomic E-state index is 10.7. The van der Waals surface area contributed by atoms with Gasteiger partial charge in [0.1, 0.15) is 6.04 Å². The average molecular weight is 159 g/mol. The molecule has 64 valence electrons. The van der Waals surface area contributed by atoms with Crippen LogP contribution in [-0.2, 0) is 9.59 Å². The van der Waals surface area contributed by atoms with E-state index >= 15 is 0 Å². The fourth-order valence-electron chi connectivity index (χ4n) is 0.685. The maximum atomic E-state index is 10.7. The van der Waals surface area contributed by atoms with Crippen LogP contribution in [0, 0.1) is 0 Å². The van der Waals surface area contributed by atoms with Gasteiger partial charge in [-0.25, -0.2) is 0 Å². The summed E-state index contributed by atoms with van der Waals surface area (Å²) in [7, 11) is 1.49. The van der Waals surface area contributed by atoms with E-state index in [1.54, 1.807) is 0 Å². The van der Waals surface area contributed by atoms with Crippen LogP contribution in [-0.4, -0.2) is 36.3 Å². The summed E-state index contributed by atoms with van der Waals surface area (Å²) < 4.78 is 0. The van der Waals surface area contributed by atoms with Crippen LogP contribution in [0.5, 0.6) is 0 Å². The Kier molecular flexibility index (Phi) is 3.53. The average Bonchev–Trinajstić information content (AvgIpc) is 1.88. The number of carbonyl (C=O) groups is 2. The Morgan fingerprint density at radius 3 is 2.09 bits per heavy atom. The van der Waals surface area contributed by atoms with E-state index in [-0.39, 0.29) is 12.5 Å². The molecule has 1 atom stereocenters. The van der Waals surface area contributed by atoms with Gasteiger partial charge in [0, 0.05) is 20.5 Å². The van der Waals surface area contributed by atoms with Crippen molar-refractivity contribution in [1.29, 1.82) is 0 Å². The molecule has 0 aromatic heterocycles. The lowest BCUT2D eigenvalue weighted by molar-refractivity contribution is -0.135. The topological polar surface area (TPSA) is 89.4 Å². The van der Waals surface area contributed by atoms with Gasteiger partial charge in [0.25, 0.3) is 0 Å². The molecule has 0 aliphatic rings. The highest BCUT2D eigenvalue weighted by molar-refractivity contribution is 5.85. The number of hydrogen-bond donors (Lipinski definition) is 2. The molecule has 0 bridgehead atoms. The van der Waals surface area contributed by atoms with Crippen LogP contribution in [0.2, 0.25) is 0 Å². The number of nitrogens with zero attached hydrogens (tertiary/aromatic N) is 1. The molecule has 2 amide bonds. The summed E-state index contributed by atoms with van der Waals surface area (Å²) >= 11 is 0. The van der Waals surface area contributed by atoms with Crippen LogP contribution in [0.15, 0.2) is 0 Å². The molecule has 0 fully saturated rings. The van der Waals surface area contributed by atoms with E-state index < -0.39 is 11.9 Å². The first kappa shape index (κ1) is 9.90. The van der Waals surface area contributed by atoms with Gasteiger partial charge in [0.2, 0.25) is 11.8 Å². The zero-order chi connectivity index (χ0) is 9.02. The number of amides is 2. The Balaban J connectivity index is 4.25. The van der Waals surface area contributed by atoms with E-state index in [2.05, 4.69) is 0 Å². The monoisotopic (exact) mass is 159 g/mol. The first-order chi connectivity index (χ1) is 5.00. The standard InChI is InChI=1S/C6H13N3O2/c1-4(10)9(2)5(3-7)6(8)11/h5H,3,7H2,1-2H3,(H2,8,11). The first-order valence-corrected chi connectivity index (χ1v) is 3.23. The van der Waals surface area contributed by atoms with E-state index in [0.29, 0.717) is 0 Å². The third-order valence-corrected chi connectivity index (χ3v) is 1.52.